The average molecular weight is 363 g/mol. The lowest BCUT2D eigenvalue weighted by Gasteiger charge is -2.18. The third kappa shape index (κ3) is 2.02. The van der Waals surface area contributed by atoms with Crippen molar-refractivity contribution in [1.82, 2.24) is 14.5 Å². The average Bonchev–Trinajstić information content (AvgIpc) is 2.88. The Labute approximate surface area is 126 Å². The fourth-order valence-electron chi connectivity index (χ4n) is 2.41. The molecule has 1 fully saturated rings. The molecule has 2 aromatic heterocycles. The van der Waals surface area contributed by atoms with Crippen LogP contribution in [0.1, 0.15) is 6.23 Å². The van der Waals surface area contributed by atoms with Crippen LogP contribution in [0, 0.1) is 5.82 Å². The minimum absolute atomic E-state index is 0.0119. The predicted octanol–water partition coefficient (Wildman–Crippen LogP) is -0.473. The van der Waals surface area contributed by atoms with Gasteiger partial charge in [0, 0.05) is 0 Å². The molecule has 0 radical (unpaired) electrons. The summed E-state index contributed by atoms with van der Waals surface area (Å²) in [5, 5.41) is 29.0. The van der Waals surface area contributed by atoms with Gasteiger partial charge in [-0.25, -0.2) is 14.4 Å². The Bertz CT molecular complexity index is 696. The number of hydrogen-bond donors (Lipinski definition) is 4. The number of nitrogens with zero attached hydrogens (tertiary/aromatic N) is 3. The van der Waals surface area contributed by atoms with Gasteiger partial charge in [0.25, 0.3) is 0 Å². The number of rotatable bonds is 2. The summed E-state index contributed by atoms with van der Waals surface area (Å²) >= 11 is 3.06. The van der Waals surface area contributed by atoms with E-state index < -0.39 is 37.0 Å². The molecule has 3 rings (SSSR count). The van der Waals surface area contributed by atoms with Gasteiger partial charge in [0.15, 0.2) is 17.7 Å². The van der Waals surface area contributed by atoms with Crippen molar-refractivity contribution in [2.75, 3.05) is 12.3 Å². The Kier molecular flexibility index (Phi) is 3.58. The third-order valence-electron chi connectivity index (χ3n) is 3.47. The van der Waals surface area contributed by atoms with Gasteiger partial charge >= 0.3 is 0 Å². The Morgan fingerprint density at radius 2 is 2.10 bits per heavy atom. The molecule has 0 saturated carbocycles. The van der Waals surface area contributed by atoms with Crippen molar-refractivity contribution in [2.24, 2.45) is 0 Å². The summed E-state index contributed by atoms with van der Waals surface area (Å²) < 4.78 is 20.8. The standard InChI is InChI=1S/C11H12BrFN4O4/c12-8-5(13)4-9(14)15-2-16-10(4)17(8)11-7(20)6(19)3(1-18)21-11/h2-3,6-7,11,18-20H,1H2,(H2,14,15,16)/t3-,6+,7-,11-/m1/s1. The van der Waals surface area contributed by atoms with E-state index in [9.17, 15) is 14.6 Å². The number of aliphatic hydroxyl groups excluding tert-OH is 3. The molecule has 8 nitrogen and oxygen atoms in total. The van der Waals surface area contributed by atoms with Gasteiger partial charge in [-0.3, -0.25) is 4.57 Å². The summed E-state index contributed by atoms with van der Waals surface area (Å²) in [5.74, 6) is -0.746. The highest BCUT2D eigenvalue weighted by Gasteiger charge is 2.45. The first-order valence-electron chi connectivity index (χ1n) is 6.05. The van der Waals surface area contributed by atoms with Crippen LogP contribution in [0.5, 0.6) is 0 Å². The Morgan fingerprint density at radius 1 is 1.38 bits per heavy atom. The van der Waals surface area contributed by atoms with Gasteiger partial charge in [0.05, 0.1) is 12.0 Å². The van der Waals surface area contributed by atoms with Crippen molar-refractivity contribution in [3.8, 4) is 0 Å². The lowest BCUT2D eigenvalue weighted by molar-refractivity contribution is -0.0520. The van der Waals surface area contributed by atoms with E-state index >= 15 is 0 Å². The van der Waals surface area contributed by atoms with E-state index in [-0.39, 0.29) is 21.5 Å². The van der Waals surface area contributed by atoms with E-state index in [0.717, 1.165) is 6.33 Å². The predicted molar refractivity (Wildman–Crippen MR) is 72.6 cm³/mol. The van der Waals surface area contributed by atoms with Crippen molar-refractivity contribution in [3.05, 3.63) is 16.7 Å². The van der Waals surface area contributed by atoms with Crippen LogP contribution in [0.2, 0.25) is 0 Å². The highest BCUT2D eigenvalue weighted by atomic mass is 79.9. The largest absolute Gasteiger partial charge is 0.394 e. The maximum absolute atomic E-state index is 14.3. The van der Waals surface area contributed by atoms with Gasteiger partial charge < -0.3 is 25.8 Å². The number of ether oxygens (including phenoxy) is 1. The zero-order chi connectivity index (χ0) is 15.3. The quantitative estimate of drug-likeness (QED) is 0.568. The molecule has 1 aliphatic rings. The second kappa shape index (κ2) is 5.14. The molecule has 0 spiro atoms. The van der Waals surface area contributed by atoms with E-state index in [2.05, 4.69) is 25.9 Å². The fraction of sp³-hybridized carbons (Fsp3) is 0.455. The fourth-order valence-corrected chi connectivity index (χ4v) is 2.98. The molecule has 1 saturated heterocycles. The van der Waals surface area contributed by atoms with Gasteiger partial charge in [0.2, 0.25) is 0 Å². The van der Waals surface area contributed by atoms with Gasteiger partial charge in [-0.1, -0.05) is 0 Å². The van der Waals surface area contributed by atoms with Crippen molar-refractivity contribution in [3.63, 3.8) is 0 Å². The van der Waals surface area contributed by atoms with Gasteiger partial charge in [-0.15, -0.1) is 0 Å². The smallest absolute Gasteiger partial charge is 0.168 e. The topological polar surface area (TPSA) is 127 Å². The lowest BCUT2D eigenvalue weighted by atomic mass is 10.1. The van der Waals surface area contributed by atoms with Crippen LogP contribution in [-0.4, -0.2) is 54.8 Å². The van der Waals surface area contributed by atoms with Crippen molar-refractivity contribution >= 4 is 32.8 Å². The van der Waals surface area contributed by atoms with Crippen LogP contribution in [0.25, 0.3) is 11.0 Å². The zero-order valence-corrected chi connectivity index (χ0v) is 12.1. The van der Waals surface area contributed by atoms with E-state index in [1.165, 1.54) is 4.57 Å². The SMILES string of the molecule is Nc1ncnc2c1c(F)c(Br)n2[C@@H]1O[C@H](CO)[C@H](O)[C@H]1O. The van der Waals surface area contributed by atoms with Gasteiger partial charge in [-0.05, 0) is 15.9 Å². The normalized spacial score (nSPS) is 29.4. The first-order valence-corrected chi connectivity index (χ1v) is 6.84. The maximum atomic E-state index is 14.3. The van der Waals surface area contributed by atoms with Crippen LogP contribution in [0.4, 0.5) is 10.2 Å². The molecule has 0 aliphatic carbocycles. The maximum Gasteiger partial charge on any atom is 0.168 e. The third-order valence-corrected chi connectivity index (χ3v) is 4.20. The number of anilines is 1. The summed E-state index contributed by atoms with van der Waals surface area (Å²) in [4.78, 5) is 7.66. The number of fused-ring (bicyclic) bond motifs is 1. The molecule has 0 bridgehead atoms. The molecule has 1 aliphatic heterocycles. The highest BCUT2D eigenvalue weighted by molar-refractivity contribution is 9.10. The number of hydrogen-bond acceptors (Lipinski definition) is 7. The van der Waals surface area contributed by atoms with E-state index in [4.69, 9.17) is 15.6 Å². The first kappa shape index (κ1) is 14.6. The number of nitrogen functional groups attached to an aromatic ring is 1. The molecule has 4 atom stereocenters. The van der Waals surface area contributed by atoms with Crippen molar-refractivity contribution in [1.29, 1.82) is 0 Å². The molecule has 3 heterocycles. The molecule has 10 heteroatoms. The van der Waals surface area contributed by atoms with Crippen LogP contribution >= 0.6 is 15.9 Å². The van der Waals surface area contributed by atoms with E-state index in [1.807, 2.05) is 0 Å². The van der Waals surface area contributed by atoms with Gasteiger partial charge in [0.1, 0.15) is 35.1 Å². The van der Waals surface area contributed by atoms with Crippen LogP contribution in [0.15, 0.2) is 10.9 Å². The van der Waals surface area contributed by atoms with E-state index in [0.29, 0.717) is 0 Å². The molecular weight excluding hydrogens is 351 g/mol. The second-order valence-corrected chi connectivity index (χ2v) is 5.41. The highest BCUT2D eigenvalue weighted by Crippen LogP contribution is 2.38. The molecular formula is C11H12BrFN4O4. The Hall–Kier alpha value is -1.33. The minimum Gasteiger partial charge on any atom is -0.394 e. The molecule has 0 aromatic carbocycles. The Balaban J connectivity index is 2.18. The lowest BCUT2D eigenvalue weighted by Crippen LogP contribution is -2.33. The summed E-state index contributed by atoms with van der Waals surface area (Å²) in [6.45, 7) is -0.481. The minimum atomic E-state index is -1.36. The zero-order valence-electron chi connectivity index (χ0n) is 10.5. The van der Waals surface area contributed by atoms with Gasteiger partial charge in [-0.2, -0.15) is 0 Å². The number of aromatic nitrogens is 3. The monoisotopic (exact) mass is 362 g/mol. The van der Waals surface area contributed by atoms with Crippen LogP contribution in [-0.2, 0) is 4.74 Å². The first-order chi connectivity index (χ1) is 9.97. The molecule has 21 heavy (non-hydrogen) atoms. The van der Waals surface area contributed by atoms with Crippen molar-refractivity contribution in [2.45, 2.75) is 24.5 Å². The van der Waals surface area contributed by atoms with Crippen LogP contribution < -0.4 is 5.73 Å². The molecule has 0 amide bonds. The second-order valence-electron chi connectivity index (χ2n) is 4.66. The Morgan fingerprint density at radius 3 is 2.71 bits per heavy atom. The summed E-state index contributed by atoms with van der Waals surface area (Å²) in [5.41, 5.74) is 5.75. The molecule has 5 N–H and O–H groups in total. The molecule has 2 aromatic rings. The molecule has 114 valence electrons. The van der Waals surface area contributed by atoms with Crippen LogP contribution in [0.3, 0.4) is 0 Å². The summed E-state index contributed by atoms with van der Waals surface area (Å²) in [6.07, 6.45) is -3.60. The van der Waals surface area contributed by atoms with E-state index in [1.54, 1.807) is 0 Å². The summed E-state index contributed by atoms with van der Waals surface area (Å²) in [6, 6.07) is 0. The summed E-state index contributed by atoms with van der Waals surface area (Å²) in [7, 11) is 0. The number of nitrogens with two attached hydrogens (primary N) is 1. The molecule has 0 unspecified atom stereocenters. The van der Waals surface area contributed by atoms with Crippen molar-refractivity contribution < 1.29 is 24.4 Å². The number of aliphatic hydroxyl groups is 3. The number of halogens is 2.